The van der Waals surface area contributed by atoms with Crippen LogP contribution in [0.5, 0.6) is 0 Å². The summed E-state index contributed by atoms with van der Waals surface area (Å²) in [5.74, 6) is -0.574. The zero-order valence-electron chi connectivity index (χ0n) is 34.4. The third kappa shape index (κ3) is 8.25. The number of amides is 3. The molecule has 13 heteroatoms. The summed E-state index contributed by atoms with van der Waals surface area (Å²) in [6.45, 7) is 4.28. The first-order valence-corrected chi connectivity index (χ1v) is 21.4. The van der Waals surface area contributed by atoms with Crippen LogP contribution < -0.4 is 10.2 Å². The Hall–Kier alpha value is -5.66. The Balaban J connectivity index is 0.959. The number of halogens is 1. The Labute approximate surface area is 349 Å². The van der Waals surface area contributed by atoms with E-state index in [9.17, 15) is 19.5 Å². The number of imide groups is 1. The Morgan fingerprint density at radius 2 is 1.80 bits per heavy atom. The van der Waals surface area contributed by atoms with Crippen molar-refractivity contribution in [3.05, 3.63) is 107 Å². The minimum absolute atomic E-state index is 0.0436. The second kappa shape index (κ2) is 16.8. The van der Waals surface area contributed by atoms with Crippen molar-refractivity contribution in [2.45, 2.75) is 82.5 Å². The second-order valence-corrected chi connectivity index (χ2v) is 17.2. The fraction of sp³-hybridized carbons (Fsp3) is 0.426. The molecule has 0 radical (unpaired) electrons. The van der Waals surface area contributed by atoms with E-state index in [2.05, 4.69) is 67.3 Å². The van der Waals surface area contributed by atoms with Crippen LogP contribution in [0, 0.1) is 11.7 Å². The monoisotopic (exact) mass is 812 g/mol. The van der Waals surface area contributed by atoms with Crippen molar-refractivity contribution in [1.82, 2.24) is 34.4 Å². The smallest absolute Gasteiger partial charge is 0.253 e. The Morgan fingerprint density at radius 1 is 1.00 bits per heavy atom. The van der Waals surface area contributed by atoms with E-state index in [-0.39, 0.29) is 18.2 Å². The van der Waals surface area contributed by atoms with Crippen molar-refractivity contribution in [3.63, 3.8) is 0 Å². The number of aliphatic hydroxyl groups is 1. The highest BCUT2D eigenvalue weighted by atomic mass is 19.1. The minimum Gasteiger partial charge on any atom is -0.378 e. The summed E-state index contributed by atoms with van der Waals surface area (Å²) >= 11 is 0. The molecule has 3 aromatic heterocycles. The van der Waals surface area contributed by atoms with E-state index >= 15 is 4.39 Å². The van der Waals surface area contributed by atoms with E-state index in [1.165, 1.54) is 30.0 Å². The van der Waals surface area contributed by atoms with Gasteiger partial charge >= 0.3 is 0 Å². The predicted octanol–water partition coefficient (Wildman–Crippen LogP) is 6.55. The normalized spacial score (nSPS) is 19.7. The van der Waals surface area contributed by atoms with Crippen LogP contribution >= 0.6 is 0 Å². The number of hydrogen-bond acceptors (Lipinski definition) is 8. The molecule has 2 atom stereocenters. The Kier molecular flexibility index (Phi) is 11.1. The lowest BCUT2D eigenvalue weighted by molar-refractivity contribution is -0.134. The number of fused-ring (bicyclic) bond motifs is 1. The standard InChI is InChI=1S/C47H53FN8O4/c1-52(2)47(60)36-23-35-26-41(34-5-3-18-54(29-34)43(58)16-22-55-19-4-17-50-55)56(28-30-6-7-30)44(35)39(24-36)33-10-8-31(9-11-33)32-14-20-53(21-15-32)45-40(48)25-37(27-49-45)38-12-13-42(57)51-46(38)59/h4-5,8-11,17,19,23-27,30,32,38,43,58H,3,6-7,12-16,18,20-22,28-29H2,1-2H3,(H,51,57,59). The van der Waals surface area contributed by atoms with Gasteiger partial charge in [0.15, 0.2) is 11.6 Å². The van der Waals surface area contributed by atoms with E-state index in [1.807, 2.05) is 27.9 Å². The molecule has 2 aromatic carbocycles. The highest BCUT2D eigenvalue weighted by molar-refractivity contribution is 6.05. The van der Waals surface area contributed by atoms with E-state index < -0.39 is 23.9 Å². The Morgan fingerprint density at radius 3 is 2.50 bits per heavy atom. The number of carbonyl (C=O) groups is 3. The molecule has 1 saturated carbocycles. The van der Waals surface area contributed by atoms with Crippen LogP contribution in [0.1, 0.15) is 90.4 Å². The van der Waals surface area contributed by atoms with Crippen LogP contribution in [0.3, 0.4) is 0 Å². The van der Waals surface area contributed by atoms with Gasteiger partial charge in [0.1, 0.15) is 6.23 Å². The number of nitrogens with one attached hydrogen (secondary N) is 1. The molecular weight excluding hydrogens is 760 g/mol. The largest absolute Gasteiger partial charge is 0.378 e. The van der Waals surface area contributed by atoms with Gasteiger partial charge in [-0.1, -0.05) is 30.3 Å². The summed E-state index contributed by atoms with van der Waals surface area (Å²) in [5.41, 5.74) is 7.92. The summed E-state index contributed by atoms with van der Waals surface area (Å²) in [7, 11) is 3.58. The highest BCUT2D eigenvalue weighted by Crippen LogP contribution is 2.41. The molecule has 3 amide bonds. The number of pyridine rings is 1. The number of aryl methyl sites for hydroxylation is 1. The molecule has 2 unspecified atom stereocenters. The van der Waals surface area contributed by atoms with Gasteiger partial charge < -0.3 is 19.5 Å². The van der Waals surface area contributed by atoms with Gasteiger partial charge in [0.2, 0.25) is 11.8 Å². The van der Waals surface area contributed by atoms with Crippen LogP contribution in [-0.4, -0.2) is 98.5 Å². The van der Waals surface area contributed by atoms with Crippen LogP contribution in [0.15, 0.2) is 79.3 Å². The number of benzene rings is 2. The maximum absolute atomic E-state index is 15.4. The van der Waals surface area contributed by atoms with Gasteiger partial charge in [0, 0.05) is 107 Å². The molecule has 0 spiro atoms. The van der Waals surface area contributed by atoms with Gasteiger partial charge in [-0.05, 0) is 103 Å². The van der Waals surface area contributed by atoms with E-state index in [0.717, 1.165) is 60.1 Å². The molecule has 12 nitrogen and oxygen atoms in total. The third-order valence-corrected chi connectivity index (χ3v) is 12.9. The van der Waals surface area contributed by atoms with Crippen molar-refractivity contribution < 1.29 is 23.9 Å². The number of aliphatic hydroxyl groups excluding tert-OH is 1. The van der Waals surface area contributed by atoms with Crippen molar-refractivity contribution in [2.75, 3.05) is 45.2 Å². The minimum atomic E-state index is -0.582. The summed E-state index contributed by atoms with van der Waals surface area (Å²) in [4.78, 5) is 47.7. The molecule has 2 N–H and O–H groups in total. The summed E-state index contributed by atoms with van der Waals surface area (Å²) in [6.07, 6.45) is 13.1. The lowest BCUT2D eigenvalue weighted by atomic mass is 9.88. The first-order chi connectivity index (χ1) is 29.1. The maximum atomic E-state index is 15.4. The van der Waals surface area contributed by atoms with Crippen molar-refractivity contribution in [3.8, 4) is 11.1 Å². The van der Waals surface area contributed by atoms with Crippen LogP contribution in [-0.2, 0) is 22.7 Å². The summed E-state index contributed by atoms with van der Waals surface area (Å²) < 4.78 is 19.8. The Bertz CT molecular complexity index is 2430. The number of piperidine rings is 2. The van der Waals surface area contributed by atoms with Gasteiger partial charge in [-0.15, -0.1) is 0 Å². The first-order valence-electron chi connectivity index (χ1n) is 21.4. The number of carbonyl (C=O) groups excluding carboxylic acids is 3. The molecule has 3 fully saturated rings. The highest BCUT2D eigenvalue weighted by Gasteiger charge is 2.31. The maximum Gasteiger partial charge on any atom is 0.253 e. The summed E-state index contributed by atoms with van der Waals surface area (Å²) in [6, 6.07) is 18.4. The third-order valence-electron chi connectivity index (χ3n) is 12.9. The van der Waals surface area contributed by atoms with Gasteiger partial charge in [0.25, 0.3) is 5.91 Å². The van der Waals surface area contributed by atoms with Gasteiger partial charge in [0.05, 0.1) is 11.4 Å². The zero-order chi connectivity index (χ0) is 41.5. The quantitative estimate of drug-likeness (QED) is 0.136. The fourth-order valence-corrected chi connectivity index (χ4v) is 9.34. The van der Waals surface area contributed by atoms with Crippen LogP contribution in [0.4, 0.5) is 10.2 Å². The predicted molar refractivity (Wildman–Crippen MR) is 229 cm³/mol. The molecule has 3 aliphatic heterocycles. The van der Waals surface area contributed by atoms with E-state index in [4.69, 9.17) is 0 Å². The molecule has 60 heavy (non-hydrogen) atoms. The topological polar surface area (TPSA) is 129 Å². The molecule has 4 aliphatic rings. The fourth-order valence-electron chi connectivity index (χ4n) is 9.34. The zero-order valence-corrected chi connectivity index (χ0v) is 34.4. The SMILES string of the molecule is CN(C)C(=O)c1cc(-c2ccc(C3CCN(c4ncc(C5CCC(=O)NC5=O)cc4F)CC3)cc2)c2c(c1)cc(C1=CCCN(C(O)CCn3cccn3)C1)n2CC1CC1. The molecule has 9 rings (SSSR count). The van der Waals surface area contributed by atoms with Crippen molar-refractivity contribution in [2.24, 2.45) is 5.92 Å². The molecular formula is C47H53FN8O4. The lowest BCUT2D eigenvalue weighted by Gasteiger charge is -2.33. The lowest BCUT2D eigenvalue weighted by Crippen LogP contribution is -2.39. The second-order valence-electron chi connectivity index (χ2n) is 17.2. The number of rotatable bonds is 12. The van der Waals surface area contributed by atoms with Crippen molar-refractivity contribution in [1.29, 1.82) is 0 Å². The summed E-state index contributed by atoms with van der Waals surface area (Å²) in [5, 5.41) is 19.0. The number of aromatic nitrogens is 4. The average Bonchev–Trinajstić information content (AvgIpc) is 3.78. The molecule has 312 valence electrons. The van der Waals surface area contributed by atoms with Crippen molar-refractivity contribution >= 4 is 40.0 Å². The van der Waals surface area contributed by atoms with Crippen LogP contribution in [0.25, 0.3) is 27.6 Å². The number of nitrogens with zero attached hydrogens (tertiary/aromatic N) is 7. The van der Waals surface area contributed by atoms with E-state index in [1.54, 1.807) is 31.4 Å². The number of anilines is 1. The number of hydrogen-bond donors (Lipinski definition) is 2. The average molecular weight is 813 g/mol. The van der Waals surface area contributed by atoms with E-state index in [0.29, 0.717) is 67.8 Å². The molecule has 2 saturated heterocycles. The van der Waals surface area contributed by atoms with Gasteiger partial charge in [-0.2, -0.15) is 5.10 Å². The molecule has 0 bridgehead atoms. The van der Waals surface area contributed by atoms with Gasteiger partial charge in [-0.3, -0.25) is 29.3 Å². The van der Waals surface area contributed by atoms with Gasteiger partial charge in [-0.25, -0.2) is 9.37 Å². The molecule has 5 aromatic rings. The van der Waals surface area contributed by atoms with Crippen LogP contribution in [0.2, 0.25) is 0 Å². The molecule has 1 aliphatic carbocycles. The molecule has 6 heterocycles. The first kappa shape index (κ1) is 39.8.